The highest BCUT2D eigenvalue weighted by molar-refractivity contribution is 7.89. The van der Waals surface area contributed by atoms with Crippen LogP contribution in [0.2, 0.25) is 0 Å². The van der Waals surface area contributed by atoms with E-state index in [9.17, 15) is 13.2 Å². The van der Waals surface area contributed by atoms with Crippen molar-refractivity contribution in [2.75, 3.05) is 20.2 Å². The Morgan fingerprint density at radius 2 is 1.85 bits per heavy atom. The van der Waals surface area contributed by atoms with Crippen LogP contribution in [0.3, 0.4) is 0 Å². The molecule has 0 spiro atoms. The number of amides is 1. The Morgan fingerprint density at radius 1 is 1.27 bits per heavy atom. The topological polar surface area (TPSA) is 75.7 Å². The first-order chi connectivity index (χ1) is 12.2. The Labute approximate surface area is 157 Å². The molecule has 1 atom stereocenters. The molecule has 1 aromatic carbocycles. The van der Waals surface area contributed by atoms with Gasteiger partial charge in [-0.3, -0.25) is 4.79 Å². The van der Waals surface area contributed by atoms with E-state index in [2.05, 4.69) is 5.32 Å². The van der Waals surface area contributed by atoms with Crippen LogP contribution in [0.25, 0.3) is 0 Å². The number of methoxy groups -OCH3 is 1. The van der Waals surface area contributed by atoms with Gasteiger partial charge in [-0.25, -0.2) is 8.42 Å². The quantitative estimate of drug-likeness (QED) is 0.821. The van der Waals surface area contributed by atoms with Crippen molar-refractivity contribution >= 4 is 15.9 Å². The molecule has 26 heavy (non-hydrogen) atoms. The van der Waals surface area contributed by atoms with Gasteiger partial charge < -0.3 is 10.1 Å². The Hall–Kier alpha value is -1.60. The number of nitrogens with zero attached hydrogens (tertiary/aromatic N) is 1. The Bertz CT molecular complexity index is 753. The fourth-order valence-electron chi connectivity index (χ4n) is 3.08. The predicted molar refractivity (Wildman–Crippen MR) is 102 cm³/mol. The molecule has 1 aliphatic rings. The molecule has 2 rings (SSSR count). The lowest BCUT2D eigenvalue weighted by Gasteiger charge is -2.31. The minimum Gasteiger partial charge on any atom is -0.495 e. The summed E-state index contributed by atoms with van der Waals surface area (Å²) in [4.78, 5) is 12.5. The number of sulfonamides is 1. The zero-order chi connectivity index (χ0) is 19.5. The van der Waals surface area contributed by atoms with Crippen LogP contribution in [0.1, 0.15) is 44.2 Å². The molecule has 1 N–H and O–H groups in total. The van der Waals surface area contributed by atoms with Crippen LogP contribution in [0.5, 0.6) is 5.75 Å². The Balaban J connectivity index is 2.13. The van der Waals surface area contributed by atoms with Gasteiger partial charge in [0.05, 0.1) is 7.11 Å². The minimum atomic E-state index is -3.64. The molecule has 0 radical (unpaired) electrons. The number of benzene rings is 1. The number of hydrogen-bond donors (Lipinski definition) is 1. The van der Waals surface area contributed by atoms with E-state index in [1.165, 1.54) is 11.4 Å². The van der Waals surface area contributed by atoms with E-state index < -0.39 is 10.0 Å². The second-order valence-electron chi connectivity index (χ2n) is 7.08. The van der Waals surface area contributed by atoms with E-state index in [-0.39, 0.29) is 22.8 Å². The third-order valence-electron chi connectivity index (χ3n) is 5.22. The molecule has 0 aliphatic carbocycles. The maximum Gasteiger partial charge on any atom is 0.246 e. The summed E-state index contributed by atoms with van der Waals surface area (Å²) in [6.07, 6.45) is 1.95. The molecule has 146 valence electrons. The van der Waals surface area contributed by atoms with Crippen LogP contribution >= 0.6 is 0 Å². The van der Waals surface area contributed by atoms with E-state index in [1.807, 2.05) is 27.7 Å². The molecule has 7 heteroatoms. The van der Waals surface area contributed by atoms with E-state index >= 15 is 0 Å². The number of piperidine rings is 1. The molecular formula is C19H30N2O4S. The third kappa shape index (κ3) is 4.38. The summed E-state index contributed by atoms with van der Waals surface area (Å²) >= 11 is 0. The van der Waals surface area contributed by atoms with Crippen LogP contribution in [0.4, 0.5) is 0 Å². The van der Waals surface area contributed by atoms with Crippen LogP contribution in [0, 0.1) is 19.8 Å². The monoisotopic (exact) mass is 382 g/mol. The van der Waals surface area contributed by atoms with E-state index in [4.69, 9.17) is 4.74 Å². The van der Waals surface area contributed by atoms with Crippen LogP contribution < -0.4 is 10.1 Å². The fraction of sp³-hybridized carbons (Fsp3) is 0.632. The molecule has 1 aliphatic heterocycles. The molecule has 0 bridgehead atoms. The summed E-state index contributed by atoms with van der Waals surface area (Å²) in [6.45, 7) is 8.50. The zero-order valence-corrected chi connectivity index (χ0v) is 17.1. The molecule has 1 aromatic rings. The molecule has 1 unspecified atom stereocenters. The third-order valence-corrected chi connectivity index (χ3v) is 7.14. The van der Waals surface area contributed by atoms with Gasteiger partial charge in [0, 0.05) is 25.0 Å². The van der Waals surface area contributed by atoms with E-state index in [0.29, 0.717) is 31.7 Å². The molecule has 6 nitrogen and oxygen atoms in total. The van der Waals surface area contributed by atoms with Gasteiger partial charge in [0.25, 0.3) is 0 Å². The Kier molecular flexibility index (Phi) is 6.69. The lowest BCUT2D eigenvalue weighted by molar-refractivity contribution is -0.126. The summed E-state index contributed by atoms with van der Waals surface area (Å²) in [6, 6.07) is 3.57. The van der Waals surface area contributed by atoms with E-state index in [0.717, 1.165) is 17.5 Å². The lowest BCUT2D eigenvalue weighted by atomic mass is 9.97. The molecule has 1 amide bonds. The van der Waals surface area contributed by atoms with Gasteiger partial charge in [0.15, 0.2) is 0 Å². The first kappa shape index (κ1) is 20.7. The van der Waals surface area contributed by atoms with Gasteiger partial charge in [-0.1, -0.05) is 6.92 Å². The number of ether oxygens (including phenoxy) is 1. The average Bonchev–Trinajstić information content (AvgIpc) is 2.63. The molecule has 0 aromatic heterocycles. The van der Waals surface area contributed by atoms with Gasteiger partial charge in [-0.2, -0.15) is 4.31 Å². The SMILES string of the molecule is CCC(C)NC(=O)C1CCN(S(=O)(=O)c2cc(C)c(C)cc2OC)CC1. The van der Waals surface area contributed by atoms with Crippen LogP contribution in [0.15, 0.2) is 17.0 Å². The highest BCUT2D eigenvalue weighted by Crippen LogP contribution is 2.32. The molecule has 1 saturated heterocycles. The van der Waals surface area contributed by atoms with Crippen molar-refractivity contribution in [1.29, 1.82) is 0 Å². The first-order valence-corrected chi connectivity index (χ1v) is 10.6. The Morgan fingerprint density at radius 3 is 2.38 bits per heavy atom. The normalized spacial score (nSPS) is 17.7. The largest absolute Gasteiger partial charge is 0.495 e. The molecule has 1 heterocycles. The predicted octanol–water partition coefficient (Wildman–Crippen LogP) is 2.63. The van der Waals surface area contributed by atoms with Crippen molar-refractivity contribution in [3.8, 4) is 5.75 Å². The van der Waals surface area contributed by atoms with Gasteiger partial charge in [-0.05, 0) is 63.3 Å². The van der Waals surface area contributed by atoms with Gasteiger partial charge in [0.1, 0.15) is 10.6 Å². The van der Waals surface area contributed by atoms with Crippen molar-refractivity contribution in [2.45, 2.75) is 57.9 Å². The summed E-state index contributed by atoms with van der Waals surface area (Å²) in [5.41, 5.74) is 1.90. The van der Waals surface area contributed by atoms with E-state index in [1.54, 1.807) is 12.1 Å². The van der Waals surface area contributed by atoms with Crippen molar-refractivity contribution < 1.29 is 17.9 Å². The maximum atomic E-state index is 13.1. The molecule has 0 saturated carbocycles. The number of carbonyl (C=O) groups excluding carboxylic acids is 1. The van der Waals surface area contributed by atoms with Crippen molar-refractivity contribution in [1.82, 2.24) is 9.62 Å². The van der Waals surface area contributed by atoms with Crippen molar-refractivity contribution in [3.05, 3.63) is 23.3 Å². The highest BCUT2D eigenvalue weighted by Gasteiger charge is 2.34. The highest BCUT2D eigenvalue weighted by atomic mass is 32.2. The van der Waals surface area contributed by atoms with Crippen LogP contribution in [-0.4, -0.2) is 44.9 Å². The number of hydrogen-bond acceptors (Lipinski definition) is 4. The van der Waals surface area contributed by atoms with Crippen molar-refractivity contribution in [2.24, 2.45) is 5.92 Å². The number of carbonyl (C=O) groups is 1. The molecular weight excluding hydrogens is 352 g/mol. The van der Waals surface area contributed by atoms with Gasteiger partial charge >= 0.3 is 0 Å². The zero-order valence-electron chi connectivity index (χ0n) is 16.3. The standard InChI is InChI=1S/C19H30N2O4S/c1-6-15(4)20-19(22)16-7-9-21(10-8-16)26(23,24)18-12-14(3)13(2)11-17(18)25-5/h11-12,15-16H,6-10H2,1-5H3,(H,20,22). The van der Waals surface area contributed by atoms with Gasteiger partial charge in [0.2, 0.25) is 15.9 Å². The molecule has 1 fully saturated rings. The second-order valence-corrected chi connectivity index (χ2v) is 8.99. The summed E-state index contributed by atoms with van der Waals surface area (Å²) in [7, 11) is -2.16. The van der Waals surface area contributed by atoms with Gasteiger partial charge in [-0.15, -0.1) is 0 Å². The number of aryl methyl sites for hydroxylation is 2. The van der Waals surface area contributed by atoms with Crippen molar-refractivity contribution in [3.63, 3.8) is 0 Å². The minimum absolute atomic E-state index is 0.0279. The number of nitrogens with one attached hydrogen (secondary N) is 1. The second kappa shape index (κ2) is 8.39. The number of rotatable bonds is 6. The first-order valence-electron chi connectivity index (χ1n) is 9.16. The lowest BCUT2D eigenvalue weighted by Crippen LogP contribution is -2.44. The van der Waals surface area contributed by atoms with Crippen LogP contribution in [-0.2, 0) is 14.8 Å². The fourth-order valence-corrected chi connectivity index (χ4v) is 4.78. The maximum absolute atomic E-state index is 13.1. The summed E-state index contributed by atoms with van der Waals surface area (Å²) in [5.74, 6) is 0.266. The summed E-state index contributed by atoms with van der Waals surface area (Å²) < 4.78 is 32.9. The smallest absolute Gasteiger partial charge is 0.246 e. The summed E-state index contributed by atoms with van der Waals surface area (Å²) in [5, 5.41) is 2.99. The average molecular weight is 383 g/mol.